The zero-order valence-electron chi connectivity index (χ0n) is 16.8. The normalized spacial score (nSPS) is 17.0. The van der Waals surface area contributed by atoms with Crippen LogP contribution in [0.15, 0.2) is 24.4 Å². The number of rotatable bonds is 4. The van der Waals surface area contributed by atoms with Crippen molar-refractivity contribution in [1.29, 1.82) is 0 Å². The van der Waals surface area contributed by atoms with Crippen molar-refractivity contribution in [3.63, 3.8) is 0 Å². The van der Waals surface area contributed by atoms with E-state index in [1.54, 1.807) is 38.4 Å². The van der Waals surface area contributed by atoms with E-state index in [2.05, 4.69) is 10.2 Å². The number of likely N-dealkylation sites (tertiary alicyclic amines) is 1. The first-order valence-electron chi connectivity index (χ1n) is 9.95. The maximum absolute atomic E-state index is 13.0. The van der Waals surface area contributed by atoms with Gasteiger partial charge in [-0.1, -0.05) is 0 Å². The molecule has 0 atom stereocenters. The van der Waals surface area contributed by atoms with Gasteiger partial charge in [0.25, 0.3) is 5.91 Å². The Bertz CT molecular complexity index is 902. The summed E-state index contributed by atoms with van der Waals surface area (Å²) in [5.41, 5.74) is 2.74. The quantitative estimate of drug-likeness (QED) is 0.851. The molecule has 3 heterocycles. The molecule has 0 aliphatic carbocycles. The summed E-state index contributed by atoms with van der Waals surface area (Å²) in [5, 5.41) is 7.04. The highest BCUT2D eigenvalue weighted by molar-refractivity contribution is 5.95. The van der Waals surface area contributed by atoms with Crippen molar-refractivity contribution < 1.29 is 19.1 Å². The predicted octanol–water partition coefficient (Wildman–Crippen LogP) is 2.01. The summed E-state index contributed by atoms with van der Waals surface area (Å²) in [7, 11) is 1.58. The average molecular weight is 398 g/mol. The van der Waals surface area contributed by atoms with Crippen molar-refractivity contribution in [3.05, 3.63) is 41.2 Å². The molecule has 0 saturated carbocycles. The molecule has 0 bridgehead atoms. The molecule has 2 aliphatic heterocycles. The van der Waals surface area contributed by atoms with Crippen molar-refractivity contribution in [3.8, 4) is 11.5 Å². The highest BCUT2D eigenvalue weighted by Crippen LogP contribution is 2.31. The lowest BCUT2D eigenvalue weighted by Gasteiger charge is -2.32. The fourth-order valence-corrected chi connectivity index (χ4v) is 3.94. The van der Waals surface area contributed by atoms with Crippen LogP contribution in [0.25, 0.3) is 0 Å². The molecule has 1 aromatic carbocycles. The summed E-state index contributed by atoms with van der Waals surface area (Å²) in [6.07, 6.45) is 4.15. The van der Waals surface area contributed by atoms with Gasteiger partial charge in [0.2, 0.25) is 5.91 Å². The monoisotopic (exact) mass is 398 g/mol. The van der Waals surface area contributed by atoms with E-state index in [0.29, 0.717) is 43.2 Å². The molecule has 29 heavy (non-hydrogen) atoms. The number of carbonyl (C=O) groups is 2. The number of aromatic amines is 1. The molecule has 0 radical (unpaired) electrons. The van der Waals surface area contributed by atoms with Crippen molar-refractivity contribution in [2.75, 3.05) is 26.7 Å². The maximum atomic E-state index is 13.0. The van der Waals surface area contributed by atoms with Gasteiger partial charge in [-0.2, -0.15) is 5.10 Å². The van der Waals surface area contributed by atoms with Crippen LogP contribution in [-0.2, 0) is 17.8 Å². The van der Waals surface area contributed by atoms with Gasteiger partial charge in [-0.25, -0.2) is 0 Å². The zero-order valence-corrected chi connectivity index (χ0v) is 16.8. The number of ether oxygens (including phenoxy) is 2. The highest BCUT2D eigenvalue weighted by Gasteiger charge is 2.25. The number of nitrogens with zero attached hydrogens (tertiary/aromatic N) is 3. The van der Waals surface area contributed by atoms with Crippen LogP contribution in [0.1, 0.15) is 41.4 Å². The summed E-state index contributed by atoms with van der Waals surface area (Å²) in [6.45, 7) is 4.20. The molecule has 1 N–H and O–H groups in total. The van der Waals surface area contributed by atoms with Gasteiger partial charge in [0.1, 0.15) is 6.10 Å². The largest absolute Gasteiger partial charge is 0.493 e. The lowest BCUT2D eigenvalue weighted by molar-refractivity contribution is -0.130. The fourth-order valence-electron chi connectivity index (χ4n) is 3.94. The second-order valence-corrected chi connectivity index (χ2v) is 7.54. The van der Waals surface area contributed by atoms with Crippen LogP contribution in [0.5, 0.6) is 11.5 Å². The highest BCUT2D eigenvalue weighted by atomic mass is 16.5. The molecular formula is C21H26N4O4. The standard InChI is InChI=1S/C21H26N4O4/c1-14(26)24-8-5-17(6-9-24)29-19-4-3-15(11-20(19)28-2)21(27)25-10-7-18-16(13-25)12-22-23-18/h3-4,11-12,17H,5-10,13H2,1-2H3,(H,22,23). The van der Waals surface area contributed by atoms with Crippen LogP contribution < -0.4 is 9.47 Å². The van der Waals surface area contributed by atoms with E-state index in [-0.39, 0.29) is 17.9 Å². The Hall–Kier alpha value is -3.03. The second kappa shape index (κ2) is 8.14. The Kier molecular flexibility index (Phi) is 5.42. The second-order valence-electron chi connectivity index (χ2n) is 7.54. The van der Waals surface area contributed by atoms with Crippen LogP contribution in [0, 0.1) is 0 Å². The number of benzene rings is 1. The Morgan fingerprint density at radius 1 is 1.14 bits per heavy atom. The van der Waals surface area contributed by atoms with Crippen LogP contribution in [0.3, 0.4) is 0 Å². The van der Waals surface area contributed by atoms with E-state index >= 15 is 0 Å². The minimum atomic E-state index is -0.0310. The Morgan fingerprint density at radius 3 is 2.66 bits per heavy atom. The predicted molar refractivity (Wildman–Crippen MR) is 106 cm³/mol. The Balaban J connectivity index is 1.43. The van der Waals surface area contributed by atoms with Gasteiger partial charge in [0.05, 0.1) is 13.3 Å². The first-order chi connectivity index (χ1) is 14.0. The van der Waals surface area contributed by atoms with E-state index in [1.165, 1.54) is 0 Å². The van der Waals surface area contributed by atoms with Crippen LogP contribution in [-0.4, -0.2) is 64.7 Å². The SMILES string of the molecule is COc1cc(C(=O)N2CCc3[nH]ncc3C2)ccc1OC1CCN(C(C)=O)CC1. The van der Waals surface area contributed by atoms with Gasteiger partial charge in [-0.3, -0.25) is 14.7 Å². The van der Waals surface area contributed by atoms with Crippen molar-refractivity contribution in [2.45, 2.75) is 38.8 Å². The van der Waals surface area contributed by atoms with E-state index in [0.717, 1.165) is 30.5 Å². The molecular weight excluding hydrogens is 372 g/mol. The topological polar surface area (TPSA) is 87.8 Å². The molecule has 2 amide bonds. The Morgan fingerprint density at radius 2 is 1.93 bits per heavy atom. The molecule has 8 heteroatoms. The number of H-pyrrole nitrogens is 1. The number of methoxy groups -OCH3 is 1. The summed E-state index contributed by atoms with van der Waals surface area (Å²) in [5.74, 6) is 1.24. The first-order valence-corrected chi connectivity index (χ1v) is 9.95. The third-order valence-corrected chi connectivity index (χ3v) is 5.68. The van der Waals surface area contributed by atoms with Gasteiger partial charge < -0.3 is 19.3 Å². The minimum Gasteiger partial charge on any atom is -0.493 e. The maximum Gasteiger partial charge on any atom is 0.254 e. The molecule has 0 spiro atoms. The summed E-state index contributed by atoms with van der Waals surface area (Å²) < 4.78 is 11.6. The van der Waals surface area contributed by atoms with Gasteiger partial charge in [0.15, 0.2) is 11.5 Å². The van der Waals surface area contributed by atoms with Gasteiger partial charge >= 0.3 is 0 Å². The number of carbonyl (C=O) groups excluding carboxylic acids is 2. The molecule has 2 aliphatic rings. The Labute approximate surface area is 169 Å². The summed E-state index contributed by atoms with van der Waals surface area (Å²) in [4.78, 5) is 28.1. The van der Waals surface area contributed by atoms with Crippen molar-refractivity contribution >= 4 is 11.8 Å². The zero-order chi connectivity index (χ0) is 20.4. The van der Waals surface area contributed by atoms with E-state index in [9.17, 15) is 9.59 Å². The first kappa shape index (κ1) is 19.3. The average Bonchev–Trinajstić information content (AvgIpc) is 3.21. The van der Waals surface area contributed by atoms with E-state index in [1.807, 2.05) is 9.80 Å². The lowest BCUT2D eigenvalue weighted by Crippen LogP contribution is -2.40. The van der Waals surface area contributed by atoms with Crippen LogP contribution in [0.4, 0.5) is 0 Å². The number of amides is 2. The van der Waals surface area contributed by atoms with E-state index < -0.39 is 0 Å². The molecule has 2 aromatic rings. The number of fused-ring (bicyclic) bond motifs is 1. The van der Waals surface area contributed by atoms with Gasteiger partial charge in [-0.15, -0.1) is 0 Å². The number of hydrogen-bond acceptors (Lipinski definition) is 5. The van der Waals surface area contributed by atoms with Crippen LogP contribution >= 0.6 is 0 Å². The fraction of sp³-hybridized carbons (Fsp3) is 0.476. The summed E-state index contributed by atoms with van der Waals surface area (Å²) in [6, 6.07) is 5.33. The molecule has 4 rings (SSSR count). The van der Waals surface area contributed by atoms with Gasteiger partial charge in [0, 0.05) is 69.2 Å². The molecule has 1 fully saturated rings. The molecule has 1 aromatic heterocycles. The number of hydrogen-bond donors (Lipinski definition) is 1. The number of piperidine rings is 1. The summed E-state index contributed by atoms with van der Waals surface area (Å²) >= 11 is 0. The van der Waals surface area contributed by atoms with Crippen molar-refractivity contribution in [1.82, 2.24) is 20.0 Å². The van der Waals surface area contributed by atoms with Gasteiger partial charge in [-0.05, 0) is 18.2 Å². The third-order valence-electron chi connectivity index (χ3n) is 5.68. The number of aromatic nitrogens is 2. The minimum absolute atomic E-state index is 0.0302. The molecule has 0 unspecified atom stereocenters. The van der Waals surface area contributed by atoms with Crippen molar-refractivity contribution in [2.24, 2.45) is 0 Å². The smallest absolute Gasteiger partial charge is 0.254 e. The number of nitrogens with one attached hydrogen (secondary N) is 1. The molecule has 1 saturated heterocycles. The van der Waals surface area contributed by atoms with Crippen LogP contribution in [0.2, 0.25) is 0 Å². The third kappa shape index (κ3) is 4.06. The lowest BCUT2D eigenvalue weighted by atomic mass is 10.1. The van der Waals surface area contributed by atoms with E-state index in [4.69, 9.17) is 9.47 Å². The molecule has 8 nitrogen and oxygen atoms in total. The molecule has 154 valence electrons.